The number of nitrogens with zero attached hydrogens (tertiary/aromatic N) is 3. The number of piperidine rings is 1. The summed E-state index contributed by atoms with van der Waals surface area (Å²) in [5, 5.41) is 14.0. The third kappa shape index (κ3) is 4.63. The maximum atomic E-state index is 13.2. The van der Waals surface area contributed by atoms with Gasteiger partial charge in [0.1, 0.15) is 6.04 Å². The number of carbonyl (C=O) groups excluding carboxylic acids is 2. The molecule has 0 aromatic heterocycles. The van der Waals surface area contributed by atoms with Gasteiger partial charge in [-0.25, -0.2) is 4.79 Å². The van der Waals surface area contributed by atoms with Gasteiger partial charge in [0.15, 0.2) is 6.23 Å². The Morgan fingerprint density at radius 1 is 1.24 bits per heavy atom. The molecule has 3 heterocycles. The Bertz CT molecular complexity index is 959. The van der Waals surface area contributed by atoms with Crippen molar-refractivity contribution in [3.05, 3.63) is 28.2 Å². The average molecular weight is 511 g/mol. The van der Waals surface area contributed by atoms with E-state index in [0.717, 1.165) is 38.9 Å². The fourth-order valence-electron chi connectivity index (χ4n) is 5.58. The van der Waals surface area contributed by atoms with Crippen LogP contribution < -0.4 is 5.32 Å². The first-order valence-electron chi connectivity index (χ1n) is 12.1. The number of halogens is 2. The van der Waals surface area contributed by atoms with Crippen LogP contribution in [0.2, 0.25) is 10.0 Å². The predicted molar refractivity (Wildman–Crippen MR) is 130 cm³/mol. The number of piperazine rings is 1. The van der Waals surface area contributed by atoms with E-state index in [9.17, 15) is 14.7 Å². The van der Waals surface area contributed by atoms with E-state index in [-0.39, 0.29) is 29.5 Å². The van der Waals surface area contributed by atoms with Gasteiger partial charge < -0.3 is 29.9 Å². The van der Waals surface area contributed by atoms with E-state index in [1.54, 1.807) is 25.1 Å². The van der Waals surface area contributed by atoms with Gasteiger partial charge in [0.05, 0.1) is 35.3 Å². The molecule has 3 amide bonds. The molecule has 1 aromatic rings. The van der Waals surface area contributed by atoms with Crippen LogP contribution in [-0.2, 0) is 9.53 Å². The second-order valence-corrected chi connectivity index (χ2v) is 11.0. The summed E-state index contributed by atoms with van der Waals surface area (Å²) in [5.74, 6) is -0.0906. The third-order valence-electron chi connectivity index (χ3n) is 8.02. The third-order valence-corrected chi connectivity index (χ3v) is 8.76. The molecule has 186 valence electrons. The van der Waals surface area contributed by atoms with Gasteiger partial charge in [-0.3, -0.25) is 4.79 Å². The van der Waals surface area contributed by atoms with Crippen molar-refractivity contribution in [1.82, 2.24) is 14.7 Å². The summed E-state index contributed by atoms with van der Waals surface area (Å²) in [6.45, 7) is 5.28. The van der Waals surface area contributed by atoms with Crippen LogP contribution in [-0.4, -0.2) is 88.9 Å². The zero-order chi connectivity index (χ0) is 24.0. The highest BCUT2D eigenvalue weighted by molar-refractivity contribution is 6.42. The van der Waals surface area contributed by atoms with E-state index in [4.69, 9.17) is 27.9 Å². The highest BCUT2D eigenvalue weighted by Crippen LogP contribution is 2.53. The first-order valence-corrected chi connectivity index (χ1v) is 12.9. The molecule has 0 bridgehead atoms. The average Bonchev–Trinajstić information content (AvgIpc) is 3.48. The van der Waals surface area contributed by atoms with E-state index < -0.39 is 12.3 Å². The van der Waals surface area contributed by atoms with Crippen molar-refractivity contribution < 1.29 is 19.4 Å². The summed E-state index contributed by atoms with van der Waals surface area (Å²) in [6, 6.07) is 3.93. The van der Waals surface area contributed by atoms with Crippen molar-refractivity contribution in [3.63, 3.8) is 0 Å². The summed E-state index contributed by atoms with van der Waals surface area (Å²) >= 11 is 12.0. The topological polar surface area (TPSA) is 85.4 Å². The van der Waals surface area contributed by atoms with Crippen molar-refractivity contribution in [2.24, 2.45) is 5.41 Å². The van der Waals surface area contributed by atoms with Crippen molar-refractivity contribution in [2.75, 3.05) is 38.1 Å². The maximum absolute atomic E-state index is 13.2. The van der Waals surface area contributed by atoms with Crippen LogP contribution in [0.25, 0.3) is 0 Å². The lowest BCUT2D eigenvalue weighted by Gasteiger charge is -2.42. The van der Waals surface area contributed by atoms with Gasteiger partial charge in [-0.1, -0.05) is 23.2 Å². The summed E-state index contributed by atoms with van der Waals surface area (Å²) in [7, 11) is 0. The van der Waals surface area contributed by atoms with Crippen LogP contribution >= 0.6 is 23.2 Å². The number of anilines is 1. The minimum atomic E-state index is -0.588. The Labute approximate surface area is 210 Å². The number of hydrogen-bond donors (Lipinski definition) is 2. The van der Waals surface area contributed by atoms with Crippen LogP contribution in [0.5, 0.6) is 0 Å². The van der Waals surface area contributed by atoms with Gasteiger partial charge >= 0.3 is 6.03 Å². The van der Waals surface area contributed by atoms with Gasteiger partial charge in [-0.2, -0.15) is 0 Å². The molecule has 4 aliphatic rings. The molecule has 4 atom stereocenters. The zero-order valence-electron chi connectivity index (χ0n) is 19.4. The number of carbonyl (C=O) groups is 2. The normalized spacial score (nSPS) is 30.5. The van der Waals surface area contributed by atoms with Gasteiger partial charge in [-0.05, 0) is 75.7 Å². The smallest absolute Gasteiger partial charge is 0.322 e. The highest BCUT2D eigenvalue weighted by atomic mass is 35.5. The number of ether oxygens (including phenoxy) is 1. The molecule has 8 nitrogen and oxygen atoms in total. The molecule has 2 N–H and O–H groups in total. The van der Waals surface area contributed by atoms with Gasteiger partial charge in [-0.15, -0.1) is 0 Å². The Hall–Kier alpha value is -1.58. The predicted octanol–water partition coefficient (Wildman–Crippen LogP) is 3.41. The molecule has 0 radical (unpaired) electrons. The molecule has 3 aliphatic heterocycles. The number of β-amino-alcohol motifs (C(OH)–C–C–N with tert-alkyl or cyclic N) is 1. The number of urea groups is 1. The van der Waals surface area contributed by atoms with Gasteiger partial charge in [0.2, 0.25) is 5.91 Å². The van der Waals surface area contributed by atoms with Gasteiger partial charge in [0, 0.05) is 12.2 Å². The number of rotatable bonds is 5. The van der Waals surface area contributed by atoms with Crippen molar-refractivity contribution >= 4 is 40.8 Å². The molecule has 1 spiro atoms. The lowest BCUT2D eigenvalue weighted by molar-refractivity contribution is -0.150. The molecule has 10 heteroatoms. The summed E-state index contributed by atoms with van der Waals surface area (Å²) in [4.78, 5) is 31.8. The van der Waals surface area contributed by atoms with Crippen molar-refractivity contribution in [2.45, 2.75) is 63.4 Å². The minimum Gasteiger partial charge on any atom is -0.391 e. The molecule has 1 saturated carbocycles. The van der Waals surface area contributed by atoms with E-state index >= 15 is 0 Å². The van der Waals surface area contributed by atoms with Crippen LogP contribution in [0.4, 0.5) is 10.5 Å². The molecule has 34 heavy (non-hydrogen) atoms. The minimum absolute atomic E-state index is 0.0183. The second kappa shape index (κ2) is 9.47. The summed E-state index contributed by atoms with van der Waals surface area (Å²) in [5.41, 5.74) is 0.735. The number of benzene rings is 1. The summed E-state index contributed by atoms with van der Waals surface area (Å²) in [6.07, 6.45) is 4.58. The van der Waals surface area contributed by atoms with E-state index in [2.05, 4.69) is 10.2 Å². The molecule has 4 fully saturated rings. The maximum Gasteiger partial charge on any atom is 0.322 e. The van der Waals surface area contributed by atoms with Crippen LogP contribution in [0.3, 0.4) is 0 Å². The number of aliphatic hydroxyl groups is 1. The first kappa shape index (κ1) is 24.1. The number of amides is 3. The zero-order valence-corrected chi connectivity index (χ0v) is 20.9. The van der Waals surface area contributed by atoms with Crippen molar-refractivity contribution in [3.8, 4) is 0 Å². The van der Waals surface area contributed by atoms with Crippen LogP contribution in [0.15, 0.2) is 18.2 Å². The first-order chi connectivity index (χ1) is 16.3. The van der Waals surface area contributed by atoms with E-state index in [0.29, 0.717) is 28.9 Å². The van der Waals surface area contributed by atoms with E-state index in [1.165, 1.54) is 17.7 Å². The molecule has 5 rings (SSSR count). The second-order valence-electron chi connectivity index (χ2n) is 10.1. The van der Waals surface area contributed by atoms with Crippen LogP contribution in [0, 0.1) is 5.41 Å². The molecular formula is C24H32Cl2N4O4. The Balaban J connectivity index is 1.13. The largest absolute Gasteiger partial charge is 0.391 e. The Morgan fingerprint density at radius 3 is 2.74 bits per heavy atom. The van der Waals surface area contributed by atoms with Gasteiger partial charge in [0.25, 0.3) is 0 Å². The fraction of sp³-hybridized carbons (Fsp3) is 0.667. The fourth-order valence-corrected chi connectivity index (χ4v) is 5.88. The number of aliphatic hydroxyl groups excluding tert-OH is 1. The summed E-state index contributed by atoms with van der Waals surface area (Å²) < 4.78 is 5.94. The number of fused-ring (bicyclic) bond motifs is 1. The number of nitrogens with one attached hydrogen (secondary N) is 1. The Kier molecular flexibility index (Phi) is 6.72. The SMILES string of the molecule is C[C@H]1C(=O)N2C(CN1C(=O)Nc1ccc(Cl)c(Cl)c1)OC[C@@H]2CCCN1CCC2(CC2)[C@H](O)C1. The number of likely N-dealkylation sites (tertiary alicyclic amines) is 1. The lowest BCUT2D eigenvalue weighted by atomic mass is 9.90. The molecule has 3 saturated heterocycles. The molecule has 1 aliphatic carbocycles. The monoisotopic (exact) mass is 510 g/mol. The molecule has 1 unspecified atom stereocenters. The number of hydrogen-bond acceptors (Lipinski definition) is 5. The van der Waals surface area contributed by atoms with Crippen LogP contribution in [0.1, 0.15) is 39.0 Å². The quantitative estimate of drug-likeness (QED) is 0.633. The molecular weight excluding hydrogens is 479 g/mol. The lowest BCUT2D eigenvalue weighted by Crippen LogP contribution is -2.62. The van der Waals surface area contributed by atoms with E-state index in [1.807, 2.05) is 4.90 Å². The Morgan fingerprint density at radius 2 is 2.03 bits per heavy atom. The van der Waals surface area contributed by atoms with Crippen molar-refractivity contribution in [1.29, 1.82) is 0 Å². The standard InChI is InChI=1S/C24H32Cl2N4O4/c1-15-22(32)30-17(3-2-9-28-10-8-24(6-7-24)20(31)12-28)14-34-21(30)13-29(15)23(33)27-16-4-5-18(25)19(26)11-16/h4-5,11,15,17,20-21,31H,2-3,6-10,12-14H2,1H3,(H,27,33)/t15-,17-,20+,21?/m0/s1. The molecule has 1 aromatic carbocycles. The highest BCUT2D eigenvalue weighted by Gasteiger charge is 2.51.